The van der Waals surface area contributed by atoms with Crippen molar-refractivity contribution in [3.8, 4) is 5.75 Å². The summed E-state index contributed by atoms with van der Waals surface area (Å²) in [6.07, 6.45) is 4.38. The molecule has 4 rings (SSSR count). The molecule has 1 aliphatic carbocycles. The Kier molecular flexibility index (Phi) is 5.67. The van der Waals surface area contributed by atoms with E-state index in [1.165, 1.54) is 0 Å². The van der Waals surface area contributed by atoms with Crippen molar-refractivity contribution in [1.82, 2.24) is 14.7 Å². The molecule has 3 amide bonds. The van der Waals surface area contributed by atoms with Gasteiger partial charge < -0.3 is 24.8 Å². The number of rotatable bonds is 3. The van der Waals surface area contributed by atoms with Crippen LogP contribution in [0.3, 0.4) is 0 Å². The molecule has 1 aromatic carbocycles. The van der Waals surface area contributed by atoms with Crippen LogP contribution in [0.4, 0.5) is 10.5 Å². The lowest BCUT2D eigenvalue weighted by atomic mass is 9.76. The van der Waals surface area contributed by atoms with E-state index in [1.54, 1.807) is 7.11 Å². The van der Waals surface area contributed by atoms with Gasteiger partial charge in [-0.3, -0.25) is 4.79 Å². The standard InChI is InChI=1S/C22H32N4O3/c1-24-10-12-25(13-11-24)20(27)19-15-26(16-22(19)8-3-4-9-22)21(28)23-17-6-5-7-18(14-17)29-2/h5-7,14,19H,3-4,8-13,15-16H2,1-2H3,(H,23,28). The average molecular weight is 401 g/mol. The first kappa shape index (κ1) is 20.0. The van der Waals surface area contributed by atoms with Crippen molar-refractivity contribution in [1.29, 1.82) is 0 Å². The molecular formula is C22H32N4O3. The normalized spacial score (nSPS) is 24.1. The molecule has 7 nitrogen and oxygen atoms in total. The quantitative estimate of drug-likeness (QED) is 0.847. The molecule has 1 unspecified atom stereocenters. The van der Waals surface area contributed by atoms with Gasteiger partial charge in [-0.15, -0.1) is 0 Å². The first-order chi connectivity index (χ1) is 14.0. The van der Waals surface area contributed by atoms with Gasteiger partial charge in [0.25, 0.3) is 0 Å². The molecule has 2 heterocycles. The number of anilines is 1. The summed E-state index contributed by atoms with van der Waals surface area (Å²) in [7, 11) is 3.71. The van der Waals surface area contributed by atoms with Crippen molar-refractivity contribution in [3.63, 3.8) is 0 Å². The second-order valence-corrected chi connectivity index (χ2v) is 8.79. The Bertz CT molecular complexity index is 754. The summed E-state index contributed by atoms with van der Waals surface area (Å²) in [4.78, 5) is 32.5. The average Bonchev–Trinajstić information content (AvgIpc) is 3.36. The van der Waals surface area contributed by atoms with Crippen molar-refractivity contribution in [2.45, 2.75) is 25.7 Å². The van der Waals surface area contributed by atoms with E-state index >= 15 is 0 Å². The van der Waals surface area contributed by atoms with Gasteiger partial charge in [0, 0.05) is 56.4 Å². The van der Waals surface area contributed by atoms with E-state index in [0.29, 0.717) is 24.5 Å². The van der Waals surface area contributed by atoms with Crippen LogP contribution in [0.15, 0.2) is 24.3 Å². The number of nitrogens with one attached hydrogen (secondary N) is 1. The number of urea groups is 1. The number of hydrogen-bond donors (Lipinski definition) is 1. The predicted octanol–water partition coefficient (Wildman–Crippen LogP) is 2.49. The molecule has 158 valence electrons. The third kappa shape index (κ3) is 4.06. The Morgan fingerprint density at radius 1 is 1.10 bits per heavy atom. The van der Waals surface area contributed by atoms with Crippen LogP contribution in [0.2, 0.25) is 0 Å². The fourth-order valence-electron chi connectivity index (χ4n) is 5.20. The maximum atomic E-state index is 13.4. The number of hydrogen-bond acceptors (Lipinski definition) is 4. The minimum Gasteiger partial charge on any atom is -0.497 e. The van der Waals surface area contributed by atoms with Gasteiger partial charge in [0.15, 0.2) is 0 Å². The zero-order valence-corrected chi connectivity index (χ0v) is 17.5. The number of piperazine rings is 1. The second kappa shape index (κ2) is 8.22. The molecule has 7 heteroatoms. The number of methoxy groups -OCH3 is 1. The molecule has 2 aliphatic heterocycles. The Labute approximate surface area is 173 Å². The van der Waals surface area contributed by atoms with Gasteiger partial charge in [-0.05, 0) is 32.0 Å². The minimum absolute atomic E-state index is 0.0495. The van der Waals surface area contributed by atoms with E-state index < -0.39 is 0 Å². The fraction of sp³-hybridized carbons (Fsp3) is 0.636. The number of amides is 3. The van der Waals surface area contributed by atoms with Crippen molar-refractivity contribution in [2.24, 2.45) is 11.3 Å². The third-order valence-electron chi connectivity index (χ3n) is 6.97. The second-order valence-electron chi connectivity index (χ2n) is 8.79. The fourth-order valence-corrected chi connectivity index (χ4v) is 5.20. The van der Waals surface area contributed by atoms with Crippen LogP contribution in [0.5, 0.6) is 5.75 Å². The molecule has 3 aliphatic rings. The molecule has 0 radical (unpaired) electrons. The molecule has 0 bridgehead atoms. The number of benzene rings is 1. The zero-order valence-electron chi connectivity index (χ0n) is 17.5. The number of carbonyl (C=O) groups excluding carboxylic acids is 2. The lowest BCUT2D eigenvalue weighted by Gasteiger charge is -2.37. The van der Waals surface area contributed by atoms with Crippen LogP contribution in [0, 0.1) is 11.3 Å². The van der Waals surface area contributed by atoms with E-state index in [2.05, 4.69) is 17.3 Å². The van der Waals surface area contributed by atoms with Gasteiger partial charge in [0.1, 0.15) is 5.75 Å². The highest BCUT2D eigenvalue weighted by atomic mass is 16.5. The van der Waals surface area contributed by atoms with E-state index in [4.69, 9.17) is 4.74 Å². The maximum absolute atomic E-state index is 13.4. The molecule has 0 aromatic heterocycles. The largest absolute Gasteiger partial charge is 0.497 e. The van der Waals surface area contributed by atoms with Crippen molar-refractivity contribution in [3.05, 3.63) is 24.3 Å². The molecule has 1 aromatic rings. The van der Waals surface area contributed by atoms with Crippen molar-refractivity contribution >= 4 is 17.6 Å². The molecule has 1 atom stereocenters. The first-order valence-electron chi connectivity index (χ1n) is 10.7. The molecule has 1 saturated carbocycles. The first-order valence-corrected chi connectivity index (χ1v) is 10.7. The predicted molar refractivity (Wildman–Crippen MR) is 112 cm³/mol. The molecular weight excluding hydrogens is 368 g/mol. The molecule has 3 fully saturated rings. The number of likely N-dealkylation sites (tertiary alicyclic amines) is 1. The maximum Gasteiger partial charge on any atom is 0.321 e. The summed E-state index contributed by atoms with van der Waals surface area (Å²) in [6, 6.07) is 7.25. The summed E-state index contributed by atoms with van der Waals surface area (Å²) in [5.41, 5.74) is 0.662. The number of likely N-dealkylation sites (N-methyl/N-ethyl adjacent to an activating group) is 1. The van der Waals surface area contributed by atoms with Gasteiger partial charge in [-0.2, -0.15) is 0 Å². The Balaban J connectivity index is 1.47. The van der Waals surface area contributed by atoms with Gasteiger partial charge in [-0.1, -0.05) is 18.9 Å². The van der Waals surface area contributed by atoms with Crippen LogP contribution in [0.25, 0.3) is 0 Å². The molecule has 1 N–H and O–H groups in total. The Morgan fingerprint density at radius 2 is 1.83 bits per heavy atom. The molecule has 29 heavy (non-hydrogen) atoms. The Morgan fingerprint density at radius 3 is 2.52 bits per heavy atom. The zero-order chi connectivity index (χ0) is 20.4. The lowest BCUT2D eigenvalue weighted by Crippen LogP contribution is -2.51. The summed E-state index contributed by atoms with van der Waals surface area (Å²) in [5, 5.41) is 2.99. The third-order valence-corrected chi connectivity index (χ3v) is 6.97. The highest BCUT2D eigenvalue weighted by molar-refractivity contribution is 5.91. The monoisotopic (exact) mass is 400 g/mol. The van der Waals surface area contributed by atoms with E-state index in [9.17, 15) is 9.59 Å². The highest BCUT2D eigenvalue weighted by Crippen LogP contribution is 2.49. The van der Waals surface area contributed by atoms with Crippen molar-refractivity contribution in [2.75, 3.05) is 58.7 Å². The van der Waals surface area contributed by atoms with E-state index in [1.807, 2.05) is 34.1 Å². The van der Waals surface area contributed by atoms with Crippen LogP contribution < -0.4 is 10.1 Å². The van der Waals surface area contributed by atoms with E-state index in [-0.39, 0.29) is 23.3 Å². The number of carbonyl (C=O) groups is 2. The van der Waals surface area contributed by atoms with Gasteiger partial charge in [0.05, 0.1) is 13.0 Å². The summed E-state index contributed by atoms with van der Waals surface area (Å²) >= 11 is 0. The lowest BCUT2D eigenvalue weighted by molar-refractivity contribution is -0.139. The van der Waals surface area contributed by atoms with Crippen LogP contribution in [-0.2, 0) is 4.79 Å². The summed E-state index contributed by atoms with van der Waals surface area (Å²) < 4.78 is 5.24. The van der Waals surface area contributed by atoms with Crippen LogP contribution >= 0.6 is 0 Å². The smallest absolute Gasteiger partial charge is 0.321 e. The van der Waals surface area contributed by atoms with Crippen molar-refractivity contribution < 1.29 is 14.3 Å². The highest BCUT2D eigenvalue weighted by Gasteiger charge is 2.53. The topological polar surface area (TPSA) is 65.1 Å². The Hall–Kier alpha value is -2.28. The van der Waals surface area contributed by atoms with Crippen LogP contribution in [-0.4, -0.2) is 80.1 Å². The molecule has 2 saturated heterocycles. The molecule has 1 spiro atoms. The van der Waals surface area contributed by atoms with Gasteiger partial charge >= 0.3 is 6.03 Å². The van der Waals surface area contributed by atoms with E-state index in [0.717, 1.165) is 51.9 Å². The number of nitrogens with zero attached hydrogens (tertiary/aromatic N) is 3. The number of ether oxygens (including phenoxy) is 1. The van der Waals surface area contributed by atoms with Gasteiger partial charge in [-0.25, -0.2) is 4.79 Å². The van der Waals surface area contributed by atoms with Crippen LogP contribution in [0.1, 0.15) is 25.7 Å². The minimum atomic E-state index is -0.127. The van der Waals surface area contributed by atoms with Gasteiger partial charge in [0.2, 0.25) is 5.91 Å². The summed E-state index contributed by atoms with van der Waals surface area (Å²) in [5.74, 6) is 0.876. The SMILES string of the molecule is COc1cccc(NC(=O)N2CC(C(=O)N3CCN(C)CC3)C3(CCCC3)C2)c1. The summed E-state index contributed by atoms with van der Waals surface area (Å²) in [6.45, 7) is 4.61.